The van der Waals surface area contributed by atoms with Crippen molar-refractivity contribution >= 4 is 28.0 Å². The molecule has 0 aliphatic carbocycles. The molecule has 0 saturated carbocycles. The number of aromatic nitrogens is 4. The summed E-state index contributed by atoms with van der Waals surface area (Å²) in [5.41, 5.74) is 2.23. The molecule has 162 valence electrons. The van der Waals surface area contributed by atoms with Gasteiger partial charge < -0.3 is 5.32 Å². The topological polar surface area (TPSA) is 73.8 Å². The number of hydrogen-bond acceptors (Lipinski definition) is 3. The molecule has 7 nitrogen and oxygen atoms in total. The van der Waals surface area contributed by atoms with Crippen LogP contribution >= 0.6 is 0 Å². The van der Waals surface area contributed by atoms with E-state index in [0.29, 0.717) is 11.0 Å². The number of amides is 1. The van der Waals surface area contributed by atoms with Crippen LogP contribution in [0.25, 0.3) is 22.1 Å². The average Bonchev–Trinajstić information content (AvgIpc) is 3.27. The summed E-state index contributed by atoms with van der Waals surface area (Å²) in [5.74, 6) is -0.446. The number of carbonyl (C=O) groups excluding carboxylic acids is 1. The van der Waals surface area contributed by atoms with E-state index in [4.69, 9.17) is 0 Å². The lowest BCUT2D eigenvalue weighted by Crippen LogP contribution is -2.31. The van der Waals surface area contributed by atoms with Gasteiger partial charge in [-0.25, -0.2) is 9.78 Å². The maximum atomic E-state index is 13.6. The zero-order valence-electron chi connectivity index (χ0n) is 17.3. The summed E-state index contributed by atoms with van der Waals surface area (Å²) in [5, 5.41) is 2.78. The monoisotopic (exact) mass is 427 g/mol. The molecule has 9 heteroatoms. The first kappa shape index (κ1) is 20.8. The molecule has 31 heavy (non-hydrogen) atoms. The molecular weight excluding hydrogens is 404 g/mol. The van der Waals surface area contributed by atoms with Gasteiger partial charge in [0.25, 0.3) is 0 Å². The first-order valence-corrected chi connectivity index (χ1v) is 10.0. The number of nitrogens with one attached hydrogen (secondary N) is 1. The summed E-state index contributed by atoms with van der Waals surface area (Å²) in [6, 6.07) is 14.1. The molecule has 0 saturated heterocycles. The van der Waals surface area contributed by atoms with Gasteiger partial charge >= 0.3 is 12.2 Å². The minimum absolute atomic E-state index is 0.103. The Bertz CT molecular complexity index is 1300. The Morgan fingerprint density at radius 1 is 1.06 bits per heavy atom. The van der Waals surface area contributed by atoms with Crippen molar-refractivity contribution in [1.82, 2.24) is 24.0 Å². The first-order chi connectivity index (χ1) is 14.9. The highest BCUT2D eigenvalue weighted by Gasteiger charge is 2.22. The highest BCUT2D eigenvalue weighted by Crippen LogP contribution is 2.27. The first-order valence-electron chi connectivity index (χ1n) is 10.0. The van der Waals surface area contributed by atoms with E-state index in [1.807, 2.05) is 24.3 Å². The lowest BCUT2D eigenvalue weighted by Gasteiger charge is -2.15. The number of alkyl halides is 2. The lowest BCUT2D eigenvalue weighted by atomic mass is 10.1. The number of para-hydroxylation sites is 4. The van der Waals surface area contributed by atoms with Gasteiger partial charge in [0.1, 0.15) is 5.82 Å². The summed E-state index contributed by atoms with van der Waals surface area (Å²) in [6.07, 6.45) is 0.103. The van der Waals surface area contributed by atoms with Gasteiger partial charge in [-0.1, -0.05) is 31.2 Å². The minimum Gasteiger partial charge on any atom is -0.355 e. The molecule has 0 unspecified atom stereocenters. The van der Waals surface area contributed by atoms with Crippen LogP contribution in [-0.4, -0.2) is 31.1 Å². The van der Waals surface area contributed by atoms with Crippen molar-refractivity contribution in [3.8, 4) is 0 Å². The molecule has 0 aliphatic heterocycles. The zero-order valence-corrected chi connectivity index (χ0v) is 17.3. The van der Waals surface area contributed by atoms with Crippen LogP contribution in [-0.2, 0) is 18.4 Å². The average molecular weight is 427 g/mol. The van der Waals surface area contributed by atoms with Crippen molar-refractivity contribution < 1.29 is 13.6 Å². The number of aryl methyl sites for hydroxylation is 2. The Morgan fingerprint density at radius 2 is 1.71 bits per heavy atom. The third kappa shape index (κ3) is 3.83. The third-order valence-electron chi connectivity index (χ3n) is 5.48. The number of imidazole rings is 2. The summed E-state index contributed by atoms with van der Waals surface area (Å²) in [7, 11) is 1.69. The number of halogens is 2. The molecule has 1 amide bonds. The highest BCUT2D eigenvalue weighted by molar-refractivity contribution is 5.78. The van der Waals surface area contributed by atoms with Crippen LogP contribution in [0.5, 0.6) is 0 Å². The molecule has 0 fully saturated rings. The fraction of sp³-hybridized carbons (Fsp3) is 0.318. The molecular formula is C22H23F2N5O2. The van der Waals surface area contributed by atoms with Crippen molar-refractivity contribution in [1.29, 1.82) is 0 Å². The van der Waals surface area contributed by atoms with Crippen LogP contribution < -0.4 is 11.0 Å². The maximum Gasteiger partial charge on any atom is 0.328 e. The standard InChI is InChI=1S/C22H23F2N5O2/c1-14(20-26-15-7-3-4-8-16(15)29(20)21(23)24)13-25-19(30)11-12-28-18-10-6-5-9-17(18)27(2)22(28)31/h3-10,14,21H,11-13H2,1-2H3,(H,25,30)/t14-/m0/s1. The molecule has 0 spiro atoms. The fourth-order valence-corrected chi connectivity index (χ4v) is 3.86. The van der Waals surface area contributed by atoms with Crippen LogP contribution in [0, 0.1) is 0 Å². The third-order valence-corrected chi connectivity index (χ3v) is 5.48. The Morgan fingerprint density at radius 3 is 2.42 bits per heavy atom. The number of benzene rings is 2. The van der Waals surface area contributed by atoms with Crippen molar-refractivity contribution in [2.75, 3.05) is 6.54 Å². The molecule has 0 bridgehead atoms. The lowest BCUT2D eigenvalue weighted by molar-refractivity contribution is -0.121. The van der Waals surface area contributed by atoms with E-state index in [9.17, 15) is 18.4 Å². The Labute approximate surface area is 176 Å². The number of hydrogen-bond donors (Lipinski definition) is 1. The highest BCUT2D eigenvalue weighted by atomic mass is 19.3. The SMILES string of the molecule is C[C@@H](CNC(=O)CCn1c(=O)n(C)c2ccccc21)c1nc2ccccc2n1C(F)F. The molecule has 4 rings (SSSR count). The van der Waals surface area contributed by atoms with E-state index >= 15 is 0 Å². The molecule has 1 N–H and O–H groups in total. The second-order valence-corrected chi connectivity index (χ2v) is 7.54. The minimum atomic E-state index is -2.72. The van der Waals surface area contributed by atoms with Gasteiger partial charge in [-0.15, -0.1) is 0 Å². The Hall–Kier alpha value is -3.49. The van der Waals surface area contributed by atoms with Crippen LogP contribution in [0.2, 0.25) is 0 Å². The van der Waals surface area contributed by atoms with Crippen molar-refractivity contribution in [3.05, 3.63) is 64.8 Å². The predicted molar refractivity (Wildman–Crippen MR) is 114 cm³/mol. The normalized spacial score (nSPS) is 12.7. The largest absolute Gasteiger partial charge is 0.355 e. The van der Waals surface area contributed by atoms with Gasteiger partial charge in [-0.3, -0.25) is 18.5 Å². The summed E-state index contributed by atoms with van der Waals surface area (Å²) >= 11 is 0. The molecule has 1 atom stereocenters. The van der Waals surface area contributed by atoms with E-state index in [0.717, 1.165) is 15.6 Å². The number of nitrogens with zero attached hydrogens (tertiary/aromatic N) is 4. The van der Waals surface area contributed by atoms with E-state index < -0.39 is 12.5 Å². The van der Waals surface area contributed by atoms with Gasteiger partial charge in [0.15, 0.2) is 0 Å². The smallest absolute Gasteiger partial charge is 0.328 e. The predicted octanol–water partition coefficient (Wildman–Crippen LogP) is 3.39. The second kappa shape index (κ2) is 8.33. The van der Waals surface area contributed by atoms with Crippen LogP contribution in [0.1, 0.15) is 31.6 Å². The molecule has 2 heterocycles. The van der Waals surface area contributed by atoms with Crippen LogP contribution in [0.3, 0.4) is 0 Å². The van der Waals surface area contributed by atoms with Gasteiger partial charge in [0.05, 0.1) is 22.1 Å². The molecule has 2 aromatic carbocycles. The molecule has 0 aliphatic rings. The summed E-state index contributed by atoms with van der Waals surface area (Å²) in [6.45, 7) is -0.580. The van der Waals surface area contributed by atoms with Crippen molar-refractivity contribution in [2.24, 2.45) is 7.05 Å². The molecule has 4 aromatic rings. The molecule has 0 radical (unpaired) electrons. The van der Waals surface area contributed by atoms with Gasteiger partial charge in [0.2, 0.25) is 5.91 Å². The van der Waals surface area contributed by atoms with E-state index in [1.165, 1.54) is 0 Å². The van der Waals surface area contributed by atoms with Gasteiger partial charge in [-0.2, -0.15) is 8.78 Å². The molecule has 2 aromatic heterocycles. The van der Waals surface area contributed by atoms with E-state index in [2.05, 4.69) is 10.3 Å². The Balaban J connectivity index is 1.43. The van der Waals surface area contributed by atoms with Crippen LogP contribution in [0.15, 0.2) is 53.3 Å². The van der Waals surface area contributed by atoms with E-state index in [1.54, 1.807) is 47.4 Å². The van der Waals surface area contributed by atoms with Gasteiger partial charge in [-0.05, 0) is 24.3 Å². The maximum absolute atomic E-state index is 13.6. The Kier molecular flexibility index (Phi) is 5.58. The van der Waals surface area contributed by atoms with Crippen molar-refractivity contribution in [3.63, 3.8) is 0 Å². The number of carbonyl (C=O) groups is 1. The number of fused-ring (bicyclic) bond motifs is 2. The second-order valence-electron chi connectivity index (χ2n) is 7.54. The van der Waals surface area contributed by atoms with E-state index in [-0.39, 0.29) is 36.9 Å². The zero-order chi connectivity index (χ0) is 22.1. The summed E-state index contributed by atoms with van der Waals surface area (Å²) in [4.78, 5) is 29.2. The fourth-order valence-electron chi connectivity index (χ4n) is 3.86. The van der Waals surface area contributed by atoms with Gasteiger partial charge in [0, 0.05) is 32.5 Å². The summed E-state index contributed by atoms with van der Waals surface area (Å²) < 4.78 is 31.3. The van der Waals surface area contributed by atoms with Crippen molar-refractivity contribution in [2.45, 2.75) is 32.4 Å². The van der Waals surface area contributed by atoms with Crippen LogP contribution in [0.4, 0.5) is 8.78 Å². The quantitative estimate of drug-likeness (QED) is 0.491. The number of rotatable bonds is 7.